The van der Waals surface area contributed by atoms with E-state index in [0.29, 0.717) is 18.5 Å². The first kappa shape index (κ1) is 23.8. The fourth-order valence-electron chi connectivity index (χ4n) is 5.52. The molecule has 1 aromatic carbocycles. The Bertz CT molecular complexity index is 947. The summed E-state index contributed by atoms with van der Waals surface area (Å²) in [5.41, 5.74) is 2.53. The molecule has 2 fully saturated rings. The largest absolute Gasteiger partial charge is 0.454 e. The van der Waals surface area contributed by atoms with Crippen LogP contribution in [-0.2, 0) is 19.1 Å². The zero-order chi connectivity index (χ0) is 23.8. The predicted molar refractivity (Wildman–Crippen MR) is 120 cm³/mol. The SMILES string of the molecule is Cc1cc(C)c(NC(=O)COC(=O)CN2C(=O)N[C@@]3(C[C@@H](C)CC(C)(C)C3)C2=O)c(C)c1. The number of aryl methyl sites for hydroxylation is 3. The molecule has 2 aliphatic rings. The summed E-state index contributed by atoms with van der Waals surface area (Å²) in [6, 6.07) is 3.32. The number of rotatable bonds is 5. The maximum atomic E-state index is 13.1. The molecule has 0 aromatic heterocycles. The normalized spacial score (nSPS) is 24.4. The molecule has 32 heavy (non-hydrogen) atoms. The van der Waals surface area contributed by atoms with Crippen molar-refractivity contribution in [1.82, 2.24) is 10.2 Å². The molecule has 3 rings (SSSR count). The molecule has 0 radical (unpaired) electrons. The van der Waals surface area contributed by atoms with E-state index in [1.54, 1.807) is 0 Å². The van der Waals surface area contributed by atoms with Crippen LogP contribution in [0.25, 0.3) is 0 Å². The van der Waals surface area contributed by atoms with Crippen molar-refractivity contribution in [2.24, 2.45) is 11.3 Å². The average molecular weight is 444 g/mol. The number of imide groups is 1. The van der Waals surface area contributed by atoms with E-state index in [2.05, 4.69) is 31.4 Å². The fraction of sp³-hybridized carbons (Fsp3) is 0.583. The van der Waals surface area contributed by atoms with Crippen LogP contribution in [0.4, 0.5) is 10.5 Å². The first-order valence-corrected chi connectivity index (χ1v) is 11.0. The van der Waals surface area contributed by atoms with Gasteiger partial charge in [0.15, 0.2) is 6.61 Å². The van der Waals surface area contributed by atoms with Gasteiger partial charge in [0.1, 0.15) is 12.1 Å². The first-order chi connectivity index (χ1) is 14.8. The van der Waals surface area contributed by atoms with Gasteiger partial charge in [0.25, 0.3) is 11.8 Å². The Labute approximate surface area is 189 Å². The highest BCUT2D eigenvalue weighted by molar-refractivity contribution is 6.09. The van der Waals surface area contributed by atoms with Gasteiger partial charge in [-0.15, -0.1) is 0 Å². The van der Waals surface area contributed by atoms with E-state index < -0.39 is 42.5 Å². The smallest absolute Gasteiger partial charge is 0.326 e. The van der Waals surface area contributed by atoms with E-state index in [1.807, 2.05) is 32.9 Å². The van der Waals surface area contributed by atoms with Gasteiger partial charge in [-0.05, 0) is 62.5 Å². The topological polar surface area (TPSA) is 105 Å². The molecule has 8 nitrogen and oxygen atoms in total. The molecule has 1 saturated heterocycles. The number of nitrogens with zero attached hydrogens (tertiary/aromatic N) is 1. The van der Waals surface area contributed by atoms with Crippen LogP contribution in [0.15, 0.2) is 12.1 Å². The quantitative estimate of drug-likeness (QED) is 0.537. The number of urea groups is 1. The van der Waals surface area contributed by atoms with Crippen molar-refractivity contribution < 1.29 is 23.9 Å². The molecule has 4 amide bonds. The highest BCUT2D eigenvalue weighted by Crippen LogP contribution is 2.46. The summed E-state index contributed by atoms with van der Waals surface area (Å²) >= 11 is 0. The van der Waals surface area contributed by atoms with Crippen molar-refractivity contribution in [1.29, 1.82) is 0 Å². The van der Waals surface area contributed by atoms with Gasteiger partial charge >= 0.3 is 12.0 Å². The minimum Gasteiger partial charge on any atom is -0.454 e. The standard InChI is InChI=1S/C24H33N3O5/c1-14-7-16(3)20(17(4)8-14)25-18(28)12-32-19(29)11-27-21(30)24(26-22(27)31)10-15(2)9-23(5,6)13-24/h7-8,15H,9-13H2,1-6H3,(H,25,28)(H,26,31)/t15-,24+/m0/s1. The van der Waals surface area contributed by atoms with Gasteiger partial charge in [0.05, 0.1) is 0 Å². The first-order valence-electron chi connectivity index (χ1n) is 11.0. The molecule has 1 saturated carbocycles. The summed E-state index contributed by atoms with van der Waals surface area (Å²) in [5.74, 6) is -1.41. The van der Waals surface area contributed by atoms with E-state index in [-0.39, 0.29) is 11.3 Å². The number of carbonyl (C=O) groups excluding carboxylic acids is 4. The number of hydrogen-bond donors (Lipinski definition) is 2. The minimum atomic E-state index is -0.976. The van der Waals surface area contributed by atoms with Crippen LogP contribution in [0.2, 0.25) is 0 Å². The zero-order valence-corrected chi connectivity index (χ0v) is 19.8. The fourth-order valence-corrected chi connectivity index (χ4v) is 5.52. The van der Waals surface area contributed by atoms with E-state index >= 15 is 0 Å². The van der Waals surface area contributed by atoms with Crippen LogP contribution in [-0.4, -0.2) is 47.4 Å². The molecular formula is C24H33N3O5. The third kappa shape index (κ3) is 4.95. The summed E-state index contributed by atoms with van der Waals surface area (Å²) in [6.07, 6.45) is 2.04. The lowest BCUT2D eigenvalue weighted by atomic mass is 9.64. The lowest BCUT2D eigenvalue weighted by molar-refractivity contribution is -0.150. The van der Waals surface area contributed by atoms with Gasteiger partial charge in [0.2, 0.25) is 0 Å². The third-order valence-electron chi connectivity index (χ3n) is 6.22. The Morgan fingerprint density at radius 3 is 2.38 bits per heavy atom. The maximum Gasteiger partial charge on any atom is 0.326 e. The number of anilines is 1. The van der Waals surface area contributed by atoms with Crippen molar-refractivity contribution in [2.75, 3.05) is 18.5 Å². The average Bonchev–Trinajstić information content (AvgIpc) is 2.84. The number of nitrogens with one attached hydrogen (secondary N) is 2. The summed E-state index contributed by atoms with van der Waals surface area (Å²) in [5, 5.41) is 5.58. The maximum absolute atomic E-state index is 13.1. The summed E-state index contributed by atoms with van der Waals surface area (Å²) in [6.45, 7) is 11.0. The molecule has 0 bridgehead atoms. The lowest BCUT2D eigenvalue weighted by Crippen LogP contribution is -2.54. The van der Waals surface area contributed by atoms with Crippen LogP contribution in [0.1, 0.15) is 56.7 Å². The number of benzene rings is 1. The van der Waals surface area contributed by atoms with Gasteiger partial charge in [0, 0.05) is 5.69 Å². The van der Waals surface area contributed by atoms with Crippen LogP contribution in [0, 0.1) is 32.1 Å². The van der Waals surface area contributed by atoms with Crippen molar-refractivity contribution in [2.45, 2.75) is 66.3 Å². The Morgan fingerprint density at radius 1 is 1.16 bits per heavy atom. The van der Waals surface area contributed by atoms with Crippen LogP contribution in [0.3, 0.4) is 0 Å². The van der Waals surface area contributed by atoms with Crippen molar-refractivity contribution in [3.8, 4) is 0 Å². The van der Waals surface area contributed by atoms with E-state index in [0.717, 1.165) is 28.0 Å². The summed E-state index contributed by atoms with van der Waals surface area (Å²) < 4.78 is 5.05. The van der Waals surface area contributed by atoms with Crippen LogP contribution < -0.4 is 10.6 Å². The molecule has 0 unspecified atom stereocenters. The highest BCUT2D eigenvalue weighted by Gasteiger charge is 2.56. The second kappa shape index (κ2) is 8.56. The Balaban J connectivity index is 1.58. The Hall–Kier alpha value is -2.90. The summed E-state index contributed by atoms with van der Waals surface area (Å²) in [4.78, 5) is 51.1. The lowest BCUT2D eigenvalue weighted by Gasteiger charge is -2.43. The van der Waals surface area contributed by atoms with Crippen molar-refractivity contribution in [3.63, 3.8) is 0 Å². The van der Waals surface area contributed by atoms with Gasteiger partial charge in [-0.2, -0.15) is 0 Å². The Morgan fingerprint density at radius 2 is 1.78 bits per heavy atom. The highest BCUT2D eigenvalue weighted by atomic mass is 16.5. The molecule has 8 heteroatoms. The predicted octanol–water partition coefficient (Wildman–Crippen LogP) is 3.23. The van der Waals surface area contributed by atoms with Gasteiger partial charge in [-0.3, -0.25) is 19.3 Å². The second-order valence-corrected chi connectivity index (χ2v) is 10.2. The molecule has 1 aliphatic carbocycles. The van der Waals surface area contributed by atoms with Crippen molar-refractivity contribution >= 4 is 29.5 Å². The monoisotopic (exact) mass is 443 g/mol. The number of ether oxygens (including phenoxy) is 1. The molecule has 2 atom stereocenters. The van der Waals surface area contributed by atoms with E-state index in [1.165, 1.54) is 0 Å². The van der Waals surface area contributed by atoms with Gasteiger partial charge in [-0.1, -0.05) is 38.5 Å². The molecule has 2 N–H and O–H groups in total. The number of hydrogen-bond acceptors (Lipinski definition) is 5. The van der Waals surface area contributed by atoms with Gasteiger partial charge < -0.3 is 15.4 Å². The molecular weight excluding hydrogens is 410 g/mol. The molecule has 174 valence electrons. The number of amides is 4. The van der Waals surface area contributed by atoms with E-state index in [4.69, 9.17) is 4.74 Å². The van der Waals surface area contributed by atoms with Crippen molar-refractivity contribution in [3.05, 3.63) is 28.8 Å². The summed E-state index contributed by atoms with van der Waals surface area (Å²) in [7, 11) is 0. The number of esters is 1. The third-order valence-corrected chi connectivity index (χ3v) is 6.22. The van der Waals surface area contributed by atoms with E-state index in [9.17, 15) is 19.2 Å². The zero-order valence-electron chi connectivity index (χ0n) is 19.8. The van der Waals surface area contributed by atoms with Gasteiger partial charge in [-0.25, -0.2) is 4.79 Å². The van der Waals surface area contributed by atoms with Crippen LogP contribution in [0.5, 0.6) is 0 Å². The molecule has 1 aromatic rings. The second-order valence-electron chi connectivity index (χ2n) is 10.2. The minimum absolute atomic E-state index is 0.0958. The molecule has 1 heterocycles. The Kier molecular flexibility index (Phi) is 6.36. The number of carbonyl (C=O) groups is 4. The molecule has 1 spiro atoms. The molecule has 1 aliphatic heterocycles. The van der Waals surface area contributed by atoms with Crippen LogP contribution >= 0.6 is 0 Å².